The normalized spacial score (nSPS) is 10.4. The van der Waals surface area contributed by atoms with Gasteiger partial charge >= 0.3 is 5.97 Å². The Balaban J connectivity index is 2.64. The maximum atomic E-state index is 10.3. The number of nitrogens with zero attached hydrogens (tertiary/aromatic N) is 2. The molecule has 0 saturated carbocycles. The Labute approximate surface area is 82.5 Å². The van der Waals surface area contributed by atoms with Gasteiger partial charge in [0.25, 0.3) is 0 Å². The van der Waals surface area contributed by atoms with Crippen LogP contribution < -0.4 is 5.73 Å². The lowest BCUT2D eigenvalue weighted by atomic mass is 10.2. The van der Waals surface area contributed by atoms with Gasteiger partial charge in [-0.05, 0) is 12.8 Å². The van der Waals surface area contributed by atoms with E-state index >= 15 is 0 Å². The minimum absolute atomic E-state index is 0.0992. The van der Waals surface area contributed by atoms with Crippen molar-refractivity contribution in [1.29, 1.82) is 0 Å². The van der Waals surface area contributed by atoms with Crippen LogP contribution in [0.2, 0.25) is 0 Å². The molecular formula is C9H15N3O2. The summed E-state index contributed by atoms with van der Waals surface area (Å²) in [4.78, 5) is 10.3. The second-order valence-electron chi connectivity index (χ2n) is 3.17. The average molecular weight is 197 g/mol. The van der Waals surface area contributed by atoms with Crippen LogP contribution in [0.4, 0.5) is 5.82 Å². The number of rotatable bonds is 5. The molecule has 0 atom stereocenters. The summed E-state index contributed by atoms with van der Waals surface area (Å²) < 4.78 is 1.71. The lowest BCUT2D eigenvalue weighted by Crippen LogP contribution is -2.05. The molecule has 0 unspecified atom stereocenters. The fourth-order valence-corrected chi connectivity index (χ4v) is 1.26. The van der Waals surface area contributed by atoms with E-state index in [1.807, 2.05) is 6.92 Å². The molecule has 78 valence electrons. The maximum Gasteiger partial charge on any atom is 0.303 e. The maximum absolute atomic E-state index is 10.3. The highest BCUT2D eigenvalue weighted by Gasteiger charge is 2.07. The van der Waals surface area contributed by atoms with Crippen molar-refractivity contribution in [3.63, 3.8) is 0 Å². The van der Waals surface area contributed by atoms with E-state index in [0.717, 1.165) is 18.5 Å². The number of hydrogen-bond acceptors (Lipinski definition) is 3. The molecule has 0 saturated heterocycles. The highest BCUT2D eigenvalue weighted by molar-refractivity contribution is 5.67. The number of nitrogen functional groups attached to an aromatic ring is 1. The molecule has 1 heterocycles. The number of nitrogens with two attached hydrogens (primary N) is 1. The van der Waals surface area contributed by atoms with Gasteiger partial charge in [0.2, 0.25) is 0 Å². The third-order valence-corrected chi connectivity index (χ3v) is 2.00. The van der Waals surface area contributed by atoms with Gasteiger partial charge in [-0.3, -0.25) is 4.79 Å². The van der Waals surface area contributed by atoms with E-state index < -0.39 is 5.97 Å². The molecule has 5 heteroatoms. The van der Waals surface area contributed by atoms with Gasteiger partial charge in [-0.25, -0.2) is 4.68 Å². The highest BCUT2D eigenvalue weighted by atomic mass is 16.4. The zero-order valence-corrected chi connectivity index (χ0v) is 8.23. The van der Waals surface area contributed by atoms with Gasteiger partial charge in [-0.15, -0.1) is 0 Å². The van der Waals surface area contributed by atoms with Crippen LogP contribution in [0.5, 0.6) is 0 Å². The molecule has 0 spiro atoms. The number of hydrogen-bond donors (Lipinski definition) is 2. The second kappa shape index (κ2) is 4.64. The topological polar surface area (TPSA) is 81.1 Å². The van der Waals surface area contributed by atoms with E-state index in [-0.39, 0.29) is 6.42 Å². The molecule has 0 radical (unpaired) electrons. The monoisotopic (exact) mass is 197 g/mol. The summed E-state index contributed by atoms with van der Waals surface area (Å²) >= 11 is 0. The third-order valence-electron chi connectivity index (χ3n) is 2.00. The SMILES string of the molecule is CCCn1ncc(CCC(=O)O)c1N. The molecule has 1 aromatic rings. The van der Waals surface area contributed by atoms with E-state index in [1.54, 1.807) is 10.9 Å². The largest absolute Gasteiger partial charge is 0.481 e. The lowest BCUT2D eigenvalue weighted by Gasteiger charge is -2.02. The number of carbonyl (C=O) groups is 1. The first kappa shape index (κ1) is 10.6. The molecule has 1 aromatic heterocycles. The van der Waals surface area contributed by atoms with Crippen molar-refractivity contribution in [1.82, 2.24) is 9.78 Å². The molecule has 0 aromatic carbocycles. The number of aromatic nitrogens is 2. The van der Waals surface area contributed by atoms with Gasteiger partial charge in [0.1, 0.15) is 5.82 Å². The van der Waals surface area contributed by atoms with Gasteiger partial charge in [-0.2, -0.15) is 5.10 Å². The van der Waals surface area contributed by atoms with E-state index in [0.29, 0.717) is 12.2 Å². The molecule has 0 fully saturated rings. The molecule has 0 amide bonds. The van der Waals surface area contributed by atoms with Crippen LogP contribution in [0.25, 0.3) is 0 Å². The Kier molecular flexibility index (Phi) is 3.50. The smallest absolute Gasteiger partial charge is 0.303 e. The Hall–Kier alpha value is -1.52. The van der Waals surface area contributed by atoms with E-state index in [1.165, 1.54) is 0 Å². The zero-order chi connectivity index (χ0) is 10.6. The molecule has 14 heavy (non-hydrogen) atoms. The van der Waals surface area contributed by atoms with E-state index in [4.69, 9.17) is 10.8 Å². The van der Waals surface area contributed by atoms with Crippen molar-refractivity contribution in [2.75, 3.05) is 5.73 Å². The van der Waals surface area contributed by atoms with Crippen molar-refractivity contribution in [2.45, 2.75) is 32.7 Å². The molecule has 3 N–H and O–H groups in total. The van der Waals surface area contributed by atoms with Crippen LogP contribution in [-0.2, 0) is 17.8 Å². The lowest BCUT2D eigenvalue weighted by molar-refractivity contribution is -0.136. The summed E-state index contributed by atoms with van der Waals surface area (Å²) in [6.45, 7) is 2.82. The molecule has 0 aliphatic rings. The number of aryl methyl sites for hydroxylation is 2. The summed E-state index contributed by atoms with van der Waals surface area (Å²) in [7, 11) is 0. The fourth-order valence-electron chi connectivity index (χ4n) is 1.26. The predicted octanol–water partition coefficient (Wildman–Crippen LogP) is 0.893. The van der Waals surface area contributed by atoms with Gasteiger partial charge in [-0.1, -0.05) is 6.92 Å². The Morgan fingerprint density at radius 1 is 1.71 bits per heavy atom. The number of anilines is 1. The van der Waals surface area contributed by atoms with Gasteiger partial charge in [0, 0.05) is 18.5 Å². The molecule has 0 aliphatic carbocycles. The predicted molar refractivity (Wildman–Crippen MR) is 52.9 cm³/mol. The van der Waals surface area contributed by atoms with Gasteiger partial charge < -0.3 is 10.8 Å². The molecule has 1 rings (SSSR count). The summed E-state index contributed by atoms with van der Waals surface area (Å²) in [6, 6.07) is 0. The second-order valence-corrected chi connectivity index (χ2v) is 3.17. The average Bonchev–Trinajstić information content (AvgIpc) is 2.46. The van der Waals surface area contributed by atoms with Gasteiger partial charge in [0.05, 0.1) is 6.20 Å². The minimum Gasteiger partial charge on any atom is -0.481 e. The van der Waals surface area contributed by atoms with E-state index in [9.17, 15) is 4.79 Å². The Morgan fingerprint density at radius 2 is 2.43 bits per heavy atom. The van der Waals surface area contributed by atoms with E-state index in [2.05, 4.69) is 5.10 Å². The summed E-state index contributed by atoms with van der Waals surface area (Å²) in [5.74, 6) is -0.222. The zero-order valence-electron chi connectivity index (χ0n) is 8.23. The summed E-state index contributed by atoms with van der Waals surface area (Å²) in [5, 5.41) is 12.6. The minimum atomic E-state index is -0.812. The van der Waals surface area contributed by atoms with Crippen molar-refractivity contribution in [2.24, 2.45) is 0 Å². The summed E-state index contributed by atoms with van der Waals surface area (Å²) in [5.41, 5.74) is 6.60. The van der Waals surface area contributed by atoms with Crippen LogP contribution >= 0.6 is 0 Å². The molecule has 0 aliphatic heterocycles. The van der Waals surface area contributed by atoms with Crippen LogP contribution in [0.1, 0.15) is 25.3 Å². The quantitative estimate of drug-likeness (QED) is 0.734. The number of aliphatic carboxylic acids is 1. The van der Waals surface area contributed by atoms with Crippen LogP contribution in [0.3, 0.4) is 0 Å². The van der Waals surface area contributed by atoms with Crippen LogP contribution in [0.15, 0.2) is 6.20 Å². The Bertz CT molecular complexity index is 320. The van der Waals surface area contributed by atoms with Crippen LogP contribution in [-0.4, -0.2) is 20.9 Å². The highest BCUT2D eigenvalue weighted by Crippen LogP contribution is 2.13. The van der Waals surface area contributed by atoms with Crippen molar-refractivity contribution >= 4 is 11.8 Å². The number of carboxylic acids is 1. The van der Waals surface area contributed by atoms with Crippen molar-refractivity contribution in [3.8, 4) is 0 Å². The third kappa shape index (κ3) is 2.48. The van der Waals surface area contributed by atoms with Crippen molar-refractivity contribution < 1.29 is 9.90 Å². The standard InChI is InChI=1S/C9H15N3O2/c1-2-5-12-9(10)7(6-11-12)3-4-8(13)14/h6H,2-5,10H2,1H3,(H,13,14). The van der Waals surface area contributed by atoms with Crippen LogP contribution in [0, 0.1) is 0 Å². The van der Waals surface area contributed by atoms with Crippen molar-refractivity contribution in [3.05, 3.63) is 11.8 Å². The molecule has 5 nitrogen and oxygen atoms in total. The number of carboxylic acid groups (broad SMARTS) is 1. The fraction of sp³-hybridized carbons (Fsp3) is 0.556. The molecular weight excluding hydrogens is 182 g/mol. The Morgan fingerprint density at radius 3 is 3.00 bits per heavy atom. The van der Waals surface area contributed by atoms with Gasteiger partial charge in [0.15, 0.2) is 0 Å². The first-order chi connectivity index (χ1) is 6.65. The summed E-state index contributed by atoms with van der Waals surface area (Å²) in [6.07, 6.45) is 3.16. The molecule has 0 bridgehead atoms. The first-order valence-electron chi connectivity index (χ1n) is 4.67. The first-order valence-corrected chi connectivity index (χ1v) is 4.67.